The van der Waals surface area contributed by atoms with E-state index in [0.717, 1.165) is 6.20 Å². The molecule has 0 saturated heterocycles. The number of pyridine rings is 1. The van der Waals surface area contributed by atoms with Crippen molar-refractivity contribution in [3.8, 4) is 17.7 Å². The van der Waals surface area contributed by atoms with Crippen LogP contribution in [0.4, 0.5) is 13.2 Å². The molecule has 0 saturated carbocycles. The Balaban J connectivity index is 3.34. The summed E-state index contributed by atoms with van der Waals surface area (Å²) in [6.45, 7) is 0. The Morgan fingerprint density at radius 3 is 2.61 bits per heavy atom. The largest absolute Gasteiger partial charge is 0.573 e. The Morgan fingerprint density at radius 2 is 2.17 bits per heavy atom. The summed E-state index contributed by atoms with van der Waals surface area (Å²) < 4.78 is 45.6. The first-order valence-electron chi connectivity index (χ1n) is 4.66. The molecule has 0 radical (unpaired) electrons. The van der Waals surface area contributed by atoms with Crippen molar-refractivity contribution >= 4 is 11.6 Å². The summed E-state index contributed by atoms with van der Waals surface area (Å²) >= 11 is 5.57. The molecule has 4 nitrogen and oxygen atoms in total. The summed E-state index contributed by atoms with van der Waals surface area (Å²) in [5.74, 6) is -0.863. The van der Waals surface area contributed by atoms with Gasteiger partial charge in [0.25, 0.3) is 0 Å². The molecule has 0 amide bonds. The fraction of sp³-hybridized carbons (Fsp3) is 0.400. The van der Waals surface area contributed by atoms with Crippen LogP contribution in [0.5, 0.6) is 11.6 Å². The van der Waals surface area contributed by atoms with Crippen LogP contribution < -0.4 is 9.47 Å². The van der Waals surface area contributed by atoms with Gasteiger partial charge < -0.3 is 9.47 Å². The van der Waals surface area contributed by atoms with Crippen LogP contribution in [0.15, 0.2) is 6.20 Å². The van der Waals surface area contributed by atoms with Crippen molar-refractivity contribution in [1.29, 1.82) is 5.26 Å². The number of nitriles is 1. The van der Waals surface area contributed by atoms with E-state index in [1.807, 2.05) is 0 Å². The lowest BCUT2D eigenvalue weighted by Crippen LogP contribution is -2.19. The van der Waals surface area contributed by atoms with Gasteiger partial charge in [0, 0.05) is 11.8 Å². The lowest BCUT2D eigenvalue weighted by Gasteiger charge is -2.16. The zero-order chi connectivity index (χ0) is 13.8. The number of methoxy groups -OCH3 is 1. The van der Waals surface area contributed by atoms with Crippen molar-refractivity contribution in [1.82, 2.24) is 4.98 Å². The van der Waals surface area contributed by atoms with Gasteiger partial charge in [-0.05, 0) is 0 Å². The van der Waals surface area contributed by atoms with E-state index in [1.165, 1.54) is 7.11 Å². The fourth-order valence-corrected chi connectivity index (χ4v) is 1.55. The Hall–Kier alpha value is -1.68. The maximum Gasteiger partial charge on any atom is 0.573 e. The molecule has 1 heterocycles. The number of alkyl halides is 4. The second-order valence-corrected chi connectivity index (χ2v) is 3.38. The summed E-state index contributed by atoms with van der Waals surface area (Å²) in [6, 6.07) is 1.73. The van der Waals surface area contributed by atoms with Crippen LogP contribution in [0.1, 0.15) is 11.1 Å². The third-order valence-electron chi connectivity index (χ3n) is 1.98. The van der Waals surface area contributed by atoms with E-state index in [2.05, 4.69) is 9.72 Å². The van der Waals surface area contributed by atoms with Gasteiger partial charge in [-0.15, -0.1) is 24.8 Å². The first kappa shape index (κ1) is 14.4. The highest BCUT2D eigenvalue weighted by molar-refractivity contribution is 6.17. The van der Waals surface area contributed by atoms with Gasteiger partial charge in [0.2, 0.25) is 5.88 Å². The summed E-state index contributed by atoms with van der Waals surface area (Å²) in [5.41, 5.74) is -0.0319. The van der Waals surface area contributed by atoms with Crippen molar-refractivity contribution in [2.75, 3.05) is 7.11 Å². The standard InChI is InChI=1S/C10H8ClF3N2O2/c1-17-9-7(4-11)8(18-10(12,13)14)6(2-3-15)5-16-9/h5H,2,4H2,1H3. The molecular weight excluding hydrogens is 273 g/mol. The molecule has 18 heavy (non-hydrogen) atoms. The molecule has 1 aromatic rings. The maximum absolute atomic E-state index is 12.3. The molecule has 0 fully saturated rings. The summed E-state index contributed by atoms with van der Waals surface area (Å²) in [5, 5.41) is 8.55. The number of nitrogens with zero attached hydrogens (tertiary/aromatic N) is 2. The Bertz CT molecular complexity index is 471. The lowest BCUT2D eigenvalue weighted by molar-refractivity contribution is -0.275. The highest BCUT2D eigenvalue weighted by atomic mass is 35.5. The van der Waals surface area contributed by atoms with Crippen LogP contribution in [-0.2, 0) is 12.3 Å². The van der Waals surface area contributed by atoms with Crippen LogP contribution >= 0.6 is 11.6 Å². The van der Waals surface area contributed by atoms with Gasteiger partial charge in [-0.2, -0.15) is 5.26 Å². The molecule has 0 N–H and O–H groups in total. The highest BCUT2D eigenvalue weighted by Gasteiger charge is 2.34. The number of ether oxygens (including phenoxy) is 2. The van der Waals surface area contributed by atoms with Crippen LogP contribution in [0.25, 0.3) is 0 Å². The van der Waals surface area contributed by atoms with Gasteiger partial charge in [-0.3, -0.25) is 0 Å². The molecule has 0 bridgehead atoms. The van der Waals surface area contributed by atoms with Gasteiger partial charge in [0.15, 0.2) is 0 Å². The van der Waals surface area contributed by atoms with Crippen molar-refractivity contribution in [2.24, 2.45) is 0 Å². The Morgan fingerprint density at radius 1 is 1.50 bits per heavy atom. The predicted octanol–water partition coefficient (Wildman–Crippen LogP) is 2.79. The molecule has 0 aliphatic heterocycles. The summed E-state index contributed by atoms with van der Waals surface area (Å²) in [7, 11) is 1.25. The molecule has 0 atom stereocenters. The molecule has 0 aliphatic rings. The van der Waals surface area contributed by atoms with Gasteiger partial charge >= 0.3 is 6.36 Å². The number of halogens is 4. The van der Waals surface area contributed by atoms with Gasteiger partial charge in [0.1, 0.15) is 5.75 Å². The first-order valence-corrected chi connectivity index (χ1v) is 5.19. The second kappa shape index (κ2) is 5.78. The lowest BCUT2D eigenvalue weighted by atomic mass is 10.1. The third kappa shape index (κ3) is 3.40. The molecule has 0 aromatic carbocycles. The first-order chi connectivity index (χ1) is 8.42. The van der Waals surface area contributed by atoms with Crippen LogP contribution in [0, 0.1) is 11.3 Å². The fourth-order valence-electron chi connectivity index (χ4n) is 1.31. The Kier molecular flexibility index (Phi) is 4.62. The number of rotatable bonds is 4. The van der Waals surface area contributed by atoms with E-state index in [1.54, 1.807) is 6.07 Å². The van der Waals surface area contributed by atoms with E-state index in [9.17, 15) is 13.2 Å². The summed E-state index contributed by atoms with van der Waals surface area (Å²) in [6.07, 6.45) is -4.05. The van der Waals surface area contributed by atoms with Crippen molar-refractivity contribution in [3.05, 3.63) is 17.3 Å². The van der Waals surface area contributed by atoms with E-state index in [0.29, 0.717) is 0 Å². The van der Waals surface area contributed by atoms with E-state index in [-0.39, 0.29) is 29.3 Å². The predicted molar refractivity (Wildman–Crippen MR) is 56.3 cm³/mol. The molecular formula is C10H8ClF3N2O2. The minimum absolute atomic E-state index is 0.00581. The number of hydrogen-bond donors (Lipinski definition) is 0. The minimum atomic E-state index is -4.88. The topological polar surface area (TPSA) is 55.1 Å². The van der Waals surface area contributed by atoms with Crippen molar-refractivity contribution < 1.29 is 22.6 Å². The van der Waals surface area contributed by atoms with Gasteiger partial charge in [-0.1, -0.05) is 0 Å². The van der Waals surface area contributed by atoms with E-state index in [4.69, 9.17) is 21.6 Å². The molecule has 0 spiro atoms. The zero-order valence-electron chi connectivity index (χ0n) is 9.21. The monoisotopic (exact) mass is 280 g/mol. The number of aromatic nitrogens is 1. The zero-order valence-corrected chi connectivity index (χ0v) is 9.97. The molecule has 0 aliphatic carbocycles. The van der Waals surface area contributed by atoms with Gasteiger partial charge in [-0.25, -0.2) is 4.98 Å². The smallest absolute Gasteiger partial charge is 0.481 e. The molecule has 0 unspecified atom stereocenters. The van der Waals surface area contributed by atoms with E-state index >= 15 is 0 Å². The van der Waals surface area contributed by atoms with E-state index < -0.39 is 12.1 Å². The van der Waals surface area contributed by atoms with Crippen molar-refractivity contribution in [3.63, 3.8) is 0 Å². The molecule has 1 rings (SSSR count). The minimum Gasteiger partial charge on any atom is -0.481 e. The van der Waals surface area contributed by atoms with Crippen LogP contribution in [0.3, 0.4) is 0 Å². The summed E-state index contributed by atoms with van der Waals surface area (Å²) in [4.78, 5) is 3.77. The SMILES string of the molecule is COc1ncc(CC#N)c(OC(F)(F)F)c1CCl. The Labute approximate surface area is 106 Å². The molecule has 98 valence electrons. The third-order valence-corrected chi connectivity index (χ3v) is 2.24. The van der Waals surface area contributed by atoms with Crippen molar-refractivity contribution in [2.45, 2.75) is 18.7 Å². The average Bonchev–Trinajstić information content (AvgIpc) is 2.29. The van der Waals surface area contributed by atoms with Gasteiger partial charge in [0.05, 0.1) is 31.0 Å². The molecule has 1 aromatic heterocycles. The number of hydrogen-bond acceptors (Lipinski definition) is 4. The quantitative estimate of drug-likeness (QED) is 0.796. The molecule has 8 heteroatoms. The average molecular weight is 281 g/mol. The maximum atomic E-state index is 12.3. The van der Waals surface area contributed by atoms with Crippen LogP contribution in [-0.4, -0.2) is 18.5 Å². The highest BCUT2D eigenvalue weighted by Crippen LogP contribution is 2.35. The second-order valence-electron chi connectivity index (χ2n) is 3.12. The normalized spacial score (nSPS) is 10.9. The van der Waals surface area contributed by atoms with Crippen LogP contribution in [0.2, 0.25) is 0 Å².